The van der Waals surface area contributed by atoms with Crippen molar-refractivity contribution in [1.82, 2.24) is 0 Å². The predicted octanol–water partition coefficient (Wildman–Crippen LogP) is 2.88. The number of hydrogen-bond donors (Lipinski definition) is 1. The van der Waals surface area contributed by atoms with E-state index in [0.717, 1.165) is 12.3 Å². The Morgan fingerprint density at radius 2 is 1.92 bits per heavy atom. The molecule has 0 bridgehead atoms. The fraction of sp³-hybridized carbons (Fsp3) is 0.500. The minimum Gasteiger partial charge on any atom is -0.324 e. The van der Waals surface area contributed by atoms with Gasteiger partial charge in [-0.05, 0) is 24.3 Å². The van der Waals surface area contributed by atoms with Crippen molar-refractivity contribution in [2.45, 2.75) is 31.7 Å². The van der Waals surface area contributed by atoms with E-state index in [1.165, 1.54) is 24.8 Å². The molecule has 0 spiro atoms. The number of rotatable bonds is 4. The molecule has 1 aromatic carbocycles. The molecule has 1 heteroatoms. The van der Waals surface area contributed by atoms with Gasteiger partial charge in [-0.15, -0.1) is 0 Å². The van der Waals surface area contributed by atoms with Gasteiger partial charge in [0.2, 0.25) is 0 Å². The third kappa shape index (κ3) is 2.56. The zero-order valence-electron chi connectivity index (χ0n) is 7.95. The lowest BCUT2D eigenvalue weighted by Gasteiger charge is -2.10. The van der Waals surface area contributed by atoms with Gasteiger partial charge in [-0.25, -0.2) is 0 Å². The molecule has 0 heterocycles. The van der Waals surface area contributed by atoms with Gasteiger partial charge in [-0.1, -0.05) is 43.2 Å². The molecule has 0 saturated heterocycles. The summed E-state index contributed by atoms with van der Waals surface area (Å²) >= 11 is 0. The Morgan fingerprint density at radius 3 is 2.54 bits per heavy atom. The van der Waals surface area contributed by atoms with Crippen LogP contribution >= 0.6 is 0 Å². The van der Waals surface area contributed by atoms with Crippen molar-refractivity contribution < 1.29 is 0 Å². The van der Waals surface area contributed by atoms with E-state index in [-0.39, 0.29) is 6.04 Å². The van der Waals surface area contributed by atoms with Crippen LogP contribution in [0.5, 0.6) is 0 Å². The lowest BCUT2D eigenvalue weighted by Crippen LogP contribution is -2.09. The second kappa shape index (κ2) is 3.93. The van der Waals surface area contributed by atoms with Crippen molar-refractivity contribution in [3.8, 4) is 0 Å². The first-order valence-electron chi connectivity index (χ1n) is 5.17. The molecule has 1 saturated carbocycles. The van der Waals surface area contributed by atoms with Gasteiger partial charge < -0.3 is 5.73 Å². The highest BCUT2D eigenvalue weighted by Gasteiger charge is 2.21. The van der Waals surface area contributed by atoms with E-state index in [1.54, 1.807) is 0 Å². The summed E-state index contributed by atoms with van der Waals surface area (Å²) < 4.78 is 0. The van der Waals surface area contributed by atoms with Crippen molar-refractivity contribution in [3.63, 3.8) is 0 Å². The van der Waals surface area contributed by atoms with Crippen molar-refractivity contribution in [2.75, 3.05) is 0 Å². The predicted molar refractivity (Wildman–Crippen MR) is 55.3 cm³/mol. The fourth-order valence-electron chi connectivity index (χ4n) is 1.69. The van der Waals surface area contributed by atoms with Crippen molar-refractivity contribution >= 4 is 0 Å². The molecule has 0 aromatic heterocycles. The zero-order chi connectivity index (χ0) is 9.10. The van der Waals surface area contributed by atoms with Gasteiger partial charge in [0.15, 0.2) is 0 Å². The fourth-order valence-corrected chi connectivity index (χ4v) is 1.69. The Labute approximate surface area is 80.0 Å². The second-order valence-corrected chi connectivity index (χ2v) is 4.04. The number of nitrogens with two attached hydrogens (primary N) is 1. The standard InChI is InChI=1S/C12H17N/c13-12(9-8-10-6-7-10)11-4-2-1-3-5-11/h1-5,10,12H,6-9,13H2. The molecule has 1 aliphatic carbocycles. The quantitative estimate of drug-likeness (QED) is 0.748. The van der Waals surface area contributed by atoms with E-state index in [4.69, 9.17) is 5.73 Å². The Balaban J connectivity index is 1.85. The molecule has 0 radical (unpaired) electrons. The molecular formula is C12H17N. The van der Waals surface area contributed by atoms with Crippen LogP contribution in [0.15, 0.2) is 30.3 Å². The molecule has 13 heavy (non-hydrogen) atoms. The third-order valence-corrected chi connectivity index (χ3v) is 2.81. The number of hydrogen-bond acceptors (Lipinski definition) is 1. The minimum absolute atomic E-state index is 0.252. The van der Waals surface area contributed by atoms with Crippen LogP contribution < -0.4 is 5.73 Å². The molecule has 0 amide bonds. The van der Waals surface area contributed by atoms with Crippen LogP contribution in [-0.2, 0) is 0 Å². The summed E-state index contributed by atoms with van der Waals surface area (Å²) in [4.78, 5) is 0. The highest BCUT2D eigenvalue weighted by Crippen LogP contribution is 2.35. The van der Waals surface area contributed by atoms with Gasteiger partial charge in [0.1, 0.15) is 0 Å². The molecular weight excluding hydrogens is 158 g/mol. The van der Waals surface area contributed by atoms with Gasteiger partial charge >= 0.3 is 0 Å². The smallest absolute Gasteiger partial charge is 0.0294 e. The summed E-state index contributed by atoms with van der Waals surface area (Å²) in [5.41, 5.74) is 7.35. The summed E-state index contributed by atoms with van der Waals surface area (Å²) in [6, 6.07) is 10.7. The molecule has 1 unspecified atom stereocenters. The molecule has 70 valence electrons. The SMILES string of the molecule is NC(CCC1CC1)c1ccccc1. The maximum atomic E-state index is 6.07. The summed E-state index contributed by atoms with van der Waals surface area (Å²) in [6.45, 7) is 0. The largest absolute Gasteiger partial charge is 0.324 e. The zero-order valence-corrected chi connectivity index (χ0v) is 7.95. The van der Waals surface area contributed by atoms with Gasteiger partial charge in [-0.2, -0.15) is 0 Å². The minimum atomic E-state index is 0.252. The first-order valence-corrected chi connectivity index (χ1v) is 5.17. The molecule has 1 aromatic rings. The Bertz CT molecular complexity index is 251. The van der Waals surface area contributed by atoms with Gasteiger partial charge in [0, 0.05) is 6.04 Å². The monoisotopic (exact) mass is 175 g/mol. The molecule has 2 rings (SSSR count). The van der Waals surface area contributed by atoms with Gasteiger partial charge in [0.05, 0.1) is 0 Å². The van der Waals surface area contributed by atoms with Crippen molar-refractivity contribution in [1.29, 1.82) is 0 Å². The van der Waals surface area contributed by atoms with Crippen LogP contribution in [0.4, 0.5) is 0 Å². The summed E-state index contributed by atoms with van der Waals surface area (Å²) in [5, 5.41) is 0. The average molecular weight is 175 g/mol. The second-order valence-electron chi connectivity index (χ2n) is 4.04. The van der Waals surface area contributed by atoms with E-state index in [1.807, 2.05) is 6.07 Å². The van der Waals surface area contributed by atoms with Crippen molar-refractivity contribution in [3.05, 3.63) is 35.9 Å². The first-order chi connectivity index (χ1) is 6.36. The summed E-state index contributed by atoms with van der Waals surface area (Å²) in [5.74, 6) is 0.995. The van der Waals surface area contributed by atoms with E-state index < -0.39 is 0 Å². The lowest BCUT2D eigenvalue weighted by atomic mass is 10.0. The summed E-state index contributed by atoms with van der Waals surface area (Å²) in [6.07, 6.45) is 5.33. The van der Waals surface area contributed by atoms with Crippen LogP contribution in [0.1, 0.15) is 37.3 Å². The van der Waals surface area contributed by atoms with Crippen LogP contribution in [0, 0.1) is 5.92 Å². The molecule has 1 fully saturated rings. The Hall–Kier alpha value is -0.820. The van der Waals surface area contributed by atoms with Crippen LogP contribution in [0.2, 0.25) is 0 Å². The molecule has 0 aliphatic heterocycles. The van der Waals surface area contributed by atoms with Crippen molar-refractivity contribution in [2.24, 2.45) is 11.7 Å². The highest BCUT2D eigenvalue weighted by molar-refractivity contribution is 5.18. The van der Waals surface area contributed by atoms with Gasteiger partial charge in [-0.3, -0.25) is 0 Å². The third-order valence-electron chi connectivity index (χ3n) is 2.81. The maximum absolute atomic E-state index is 6.07. The molecule has 1 aliphatic rings. The Morgan fingerprint density at radius 1 is 1.23 bits per heavy atom. The average Bonchev–Trinajstić information content (AvgIpc) is 2.99. The van der Waals surface area contributed by atoms with Crippen LogP contribution in [-0.4, -0.2) is 0 Å². The normalized spacial score (nSPS) is 18.5. The van der Waals surface area contributed by atoms with E-state index in [9.17, 15) is 0 Å². The lowest BCUT2D eigenvalue weighted by molar-refractivity contribution is 0.575. The number of benzene rings is 1. The highest BCUT2D eigenvalue weighted by atomic mass is 14.6. The van der Waals surface area contributed by atoms with Crippen LogP contribution in [0.3, 0.4) is 0 Å². The van der Waals surface area contributed by atoms with E-state index in [0.29, 0.717) is 0 Å². The molecule has 1 atom stereocenters. The first kappa shape index (κ1) is 8.76. The van der Waals surface area contributed by atoms with Crippen LogP contribution in [0.25, 0.3) is 0 Å². The maximum Gasteiger partial charge on any atom is 0.0294 e. The molecule has 1 nitrogen and oxygen atoms in total. The van der Waals surface area contributed by atoms with E-state index >= 15 is 0 Å². The molecule has 2 N–H and O–H groups in total. The van der Waals surface area contributed by atoms with E-state index in [2.05, 4.69) is 24.3 Å². The Kier molecular flexibility index (Phi) is 2.65. The summed E-state index contributed by atoms with van der Waals surface area (Å²) in [7, 11) is 0. The van der Waals surface area contributed by atoms with Gasteiger partial charge in [0.25, 0.3) is 0 Å². The topological polar surface area (TPSA) is 26.0 Å².